The normalized spacial score (nSPS) is 16.8. The van der Waals surface area contributed by atoms with Crippen LogP contribution in [0, 0.1) is 6.92 Å². The molecule has 28 heavy (non-hydrogen) atoms. The number of anilines is 1. The minimum Gasteiger partial charge on any atom is -0.352 e. The van der Waals surface area contributed by atoms with Crippen molar-refractivity contribution in [3.8, 4) is 0 Å². The lowest BCUT2D eigenvalue weighted by Crippen LogP contribution is -2.60. The Hall–Kier alpha value is -3.35. The van der Waals surface area contributed by atoms with Gasteiger partial charge in [-0.1, -0.05) is 48.0 Å². The Balaban J connectivity index is 1.83. The molecule has 0 aromatic heterocycles. The quantitative estimate of drug-likeness (QED) is 0.822. The van der Waals surface area contributed by atoms with Gasteiger partial charge in [0, 0.05) is 12.2 Å². The van der Waals surface area contributed by atoms with Crippen molar-refractivity contribution in [3.05, 3.63) is 65.7 Å². The van der Waals surface area contributed by atoms with Crippen LogP contribution in [0.2, 0.25) is 0 Å². The van der Waals surface area contributed by atoms with Crippen molar-refractivity contribution in [1.82, 2.24) is 10.2 Å². The molecule has 1 aliphatic rings. The zero-order valence-corrected chi connectivity index (χ0v) is 15.8. The molecule has 1 aliphatic heterocycles. The van der Waals surface area contributed by atoms with E-state index in [-0.39, 0.29) is 30.9 Å². The third-order valence-corrected chi connectivity index (χ3v) is 4.83. The Morgan fingerprint density at radius 2 is 1.79 bits per heavy atom. The summed E-state index contributed by atoms with van der Waals surface area (Å²) in [5, 5.41) is 2.31. The molecule has 146 valence electrons. The fraction of sp³-hybridized carbons (Fsp3) is 0.286. The first-order valence-electron chi connectivity index (χ1n) is 9.18. The van der Waals surface area contributed by atoms with Gasteiger partial charge in [-0.05, 0) is 31.0 Å². The van der Waals surface area contributed by atoms with Gasteiger partial charge in [-0.25, -0.2) is 4.79 Å². The number of hydrogen-bond donors (Lipinski definition) is 2. The third kappa shape index (κ3) is 4.68. The number of primary amides is 1. The van der Waals surface area contributed by atoms with Gasteiger partial charge in [0.25, 0.3) is 0 Å². The number of aryl methyl sites for hydroxylation is 1. The molecule has 0 saturated carbocycles. The van der Waals surface area contributed by atoms with Gasteiger partial charge >= 0.3 is 6.03 Å². The standard InChI is InChI=1S/C21H24N4O3/c1-15-7-9-17(10-8-15)24-13-18(11-16-5-3-2-4-6-16)25(14-20(24)27)19(26)12-23-21(22)28/h2-10,18H,11-14H2,1H3,(H3,22,23,28). The minimum atomic E-state index is -0.766. The van der Waals surface area contributed by atoms with Crippen LogP contribution in [0.1, 0.15) is 11.1 Å². The Labute approximate surface area is 164 Å². The number of nitrogens with one attached hydrogen (secondary N) is 1. The Morgan fingerprint density at radius 3 is 2.43 bits per heavy atom. The molecule has 1 fully saturated rings. The van der Waals surface area contributed by atoms with Crippen molar-refractivity contribution < 1.29 is 14.4 Å². The number of hydrogen-bond acceptors (Lipinski definition) is 3. The molecule has 7 heteroatoms. The number of carbonyl (C=O) groups is 3. The van der Waals surface area contributed by atoms with E-state index in [4.69, 9.17) is 5.73 Å². The second kappa shape index (κ2) is 8.56. The van der Waals surface area contributed by atoms with Gasteiger partial charge in [0.05, 0.1) is 12.6 Å². The van der Waals surface area contributed by atoms with Crippen LogP contribution < -0.4 is 16.0 Å². The van der Waals surface area contributed by atoms with Gasteiger partial charge in [0.1, 0.15) is 6.54 Å². The van der Waals surface area contributed by atoms with Crippen LogP contribution in [-0.2, 0) is 16.0 Å². The summed E-state index contributed by atoms with van der Waals surface area (Å²) in [5.41, 5.74) is 8.08. The summed E-state index contributed by atoms with van der Waals surface area (Å²) in [6.45, 7) is 2.12. The molecule has 1 heterocycles. The molecular weight excluding hydrogens is 356 g/mol. The van der Waals surface area contributed by atoms with Crippen molar-refractivity contribution >= 4 is 23.5 Å². The molecule has 0 aliphatic carbocycles. The van der Waals surface area contributed by atoms with Crippen molar-refractivity contribution in [2.45, 2.75) is 19.4 Å². The van der Waals surface area contributed by atoms with Crippen LogP contribution in [0.15, 0.2) is 54.6 Å². The van der Waals surface area contributed by atoms with E-state index in [1.807, 2.05) is 61.5 Å². The van der Waals surface area contributed by atoms with Crippen LogP contribution in [0.5, 0.6) is 0 Å². The van der Waals surface area contributed by atoms with Gasteiger partial charge in [0.2, 0.25) is 11.8 Å². The lowest BCUT2D eigenvalue weighted by atomic mass is 10.0. The van der Waals surface area contributed by atoms with E-state index in [9.17, 15) is 14.4 Å². The number of nitrogens with zero attached hydrogens (tertiary/aromatic N) is 2. The molecule has 0 radical (unpaired) electrons. The lowest BCUT2D eigenvalue weighted by molar-refractivity contribution is -0.138. The van der Waals surface area contributed by atoms with Crippen LogP contribution in [0.4, 0.5) is 10.5 Å². The summed E-state index contributed by atoms with van der Waals surface area (Å²) in [5.74, 6) is -0.475. The van der Waals surface area contributed by atoms with Gasteiger partial charge in [-0.2, -0.15) is 0 Å². The number of piperazine rings is 1. The molecule has 1 atom stereocenters. The number of nitrogens with two attached hydrogens (primary N) is 1. The number of carbonyl (C=O) groups excluding carboxylic acids is 3. The van der Waals surface area contributed by atoms with E-state index in [1.54, 1.807) is 4.90 Å². The second-order valence-corrected chi connectivity index (χ2v) is 6.92. The lowest BCUT2D eigenvalue weighted by Gasteiger charge is -2.41. The molecule has 1 unspecified atom stereocenters. The summed E-state index contributed by atoms with van der Waals surface area (Å²) in [4.78, 5) is 39.6. The fourth-order valence-corrected chi connectivity index (χ4v) is 3.36. The summed E-state index contributed by atoms with van der Waals surface area (Å²) in [7, 11) is 0. The first-order valence-corrected chi connectivity index (χ1v) is 9.18. The fourth-order valence-electron chi connectivity index (χ4n) is 3.36. The monoisotopic (exact) mass is 380 g/mol. The molecule has 0 bridgehead atoms. The van der Waals surface area contributed by atoms with E-state index in [2.05, 4.69) is 5.32 Å². The Kier molecular flexibility index (Phi) is 5.93. The summed E-state index contributed by atoms with van der Waals surface area (Å²) in [6, 6.07) is 16.6. The number of amides is 4. The highest BCUT2D eigenvalue weighted by Gasteiger charge is 2.35. The highest BCUT2D eigenvalue weighted by atomic mass is 16.2. The molecule has 0 spiro atoms. The topological polar surface area (TPSA) is 95.7 Å². The van der Waals surface area contributed by atoms with Crippen molar-refractivity contribution in [2.24, 2.45) is 5.73 Å². The summed E-state index contributed by atoms with van der Waals surface area (Å²) < 4.78 is 0. The predicted molar refractivity (Wildman–Crippen MR) is 107 cm³/mol. The van der Waals surface area contributed by atoms with E-state index >= 15 is 0 Å². The van der Waals surface area contributed by atoms with Crippen LogP contribution in [0.25, 0.3) is 0 Å². The molecular formula is C21H24N4O3. The largest absolute Gasteiger partial charge is 0.352 e. The molecule has 4 amide bonds. The predicted octanol–water partition coefficient (Wildman–Crippen LogP) is 1.45. The molecule has 7 nitrogen and oxygen atoms in total. The maximum Gasteiger partial charge on any atom is 0.312 e. The van der Waals surface area contributed by atoms with E-state index in [0.29, 0.717) is 13.0 Å². The van der Waals surface area contributed by atoms with E-state index in [0.717, 1.165) is 16.8 Å². The number of rotatable bonds is 5. The average molecular weight is 380 g/mol. The molecule has 1 saturated heterocycles. The van der Waals surface area contributed by atoms with E-state index in [1.165, 1.54) is 4.90 Å². The first-order chi connectivity index (χ1) is 13.4. The van der Waals surface area contributed by atoms with Gasteiger partial charge < -0.3 is 20.9 Å². The SMILES string of the molecule is Cc1ccc(N2CC(Cc3ccccc3)N(C(=O)CNC(N)=O)CC2=O)cc1. The Bertz CT molecular complexity index is 852. The maximum atomic E-state index is 12.8. The van der Waals surface area contributed by atoms with Gasteiger partial charge in [-0.15, -0.1) is 0 Å². The van der Waals surface area contributed by atoms with Crippen molar-refractivity contribution in [1.29, 1.82) is 0 Å². The Morgan fingerprint density at radius 1 is 1.11 bits per heavy atom. The summed E-state index contributed by atoms with van der Waals surface area (Å²) >= 11 is 0. The van der Waals surface area contributed by atoms with E-state index < -0.39 is 6.03 Å². The van der Waals surface area contributed by atoms with Crippen LogP contribution >= 0.6 is 0 Å². The average Bonchev–Trinajstić information content (AvgIpc) is 2.68. The first kappa shape index (κ1) is 19.4. The maximum absolute atomic E-state index is 12.8. The molecule has 3 rings (SSSR count). The van der Waals surface area contributed by atoms with Gasteiger partial charge in [0.15, 0.2) is 0 Å². The third-order valence-electron chi connectivity index (χ3n) is 4.83. The van der Waals surface area contributed by atoms with Crippen molar-refractivity contribution in [2.75, 3.05) is 24.5 Å². The zero-order valence-electron chi connectivity index (χ0n) is 15.8. The molecule has 2 aromatic carbocycles. The van der Waals surface area contributed by atoms with Crippen molar-refractivity contribution in [3.63, 3.8) is 0 Å². The second-order valence-electron chi connectivity index (χ2n) is 6.92. The smallest absolute Gasteiger partial charge is 0.312 e. The summed E-state index contributed by atoms with van der Waals surface area (Å²) in [6.07, 6.45) is 0.610. The minimum absolute atomic E-state index is 0.0371. The zero-order chi connectivity index (χ0) is 20.1. The molecule has 2 aromatic rings. The highest BCUT2D eigenvalue weighted by molar-refractivity contribution is 5.98. The highest BCUT2D eigenvalue weighted by Crippen LogP contribution is 2.23. The number of urea groups is 1. The van der Waals surface area contributed by atoms with Crippen LogP contribution in [-0.4, -0.2) is 48.4 Å². The molecule has 3 N–H and O–H groups in total. The van der Waals surface area contributed by atoms with Gasteiger partial charge in [-0.3, -0.25) is 9.59 Å². The number of benzene rings is 2. The van der Waals surface area contributed by atoms with Crippen LogP contribution in [0.3, 0.4) is 0 Å².